The molecule has 30 heavy (non-hydrogen) atoms. The molecule has 156 valence electrons. The molecule has 0 radical (unpaired) electrons. The fourth-order valence-corrected chi connectivity index (χ4v) is 5.84. The summed E-state index contributed by atoms with van der Waals surface area (Å²) in [5.74, 6) is 1.42. The van der Waals surface area contributed by atoms with Gasteiger partial charge in [-0.15, -0.1) is 22.7 Å². The molecule has 4 aromatic rings. The van der Waals surface area contributed by atoms with Crippen LogP contribution in [0.3, 0.4) is 0 Å². The summed E-state index contributed by atoms with van der Waals surface area (Å²) in [6.07, 6.45) is 4.56. The highest BCUT2D eigenvalue weighted by Crippen LogP contribution is 2.37. The monoisotopic (exact) mass is 458 g/mol. The molecule has 0 aliphatic rings. The van der Waals surface area contributed by atoms with Crippen LogP contribution < -0.4 is 5.32 Å². The number of aromatic nitrogens is 3. The molecule has 0 bridgehead atoms. The standard InChI is InChI=1S/C21H22N4O2S3/c1-4-27-21(26)17-12(2)16-18(22-11-23-20(16)30-17)24-14(9-10-28-3)19-25-13-7-5-6-8-15(13)29-19/h5-8,11,14H,4,9-10H2,1-3H3,(H,22,23,24)/t14-/m0/s1. The molecular weight excluding hydrogens is 436 g/mol. The van der Waals surface area contributed by atoms with Gasteiger partial charge in [-0.05, 0) is 50.0 Å². The van der Waals surface area contributed by atoms with Crippen molar-refractivity contribution in [3.8, 4) is 0 Å². The summed E-state index contributed by atoms with van der Waals surface area (Å²) in [5, 5.41) is 5.51. The first-order valence-electron chi connectivity index (χ1n) is 9.64. The van der Waals surface area contributed by atoms with E-state index < -0.39 is 0 Å². The summed E-state index contributed by atoms with van der Waals surface area (Å²) in [6, 6.07) is 8.21. The number of thioether (sulfide) groups is 1. The van der Waals surface area contributed by atoms with Gasteiger partial charge in [-0.1, -0.05) is 12.1 Å². The Morgan fingerprint density at radius 1 is 1.27 bits per heavy atom. The van der Waals surface area contributed by atoms with Crippen molar-refractivity contribution in [1.82, 2.24) is 15.0 Å². The number of nitrogens with zero attached hydrogens (tertiary/aromatic N) is 3. The number of anilines is 1. The molecule has 1 atom stereocenters. The number of benzene rings is 1. The van der Waals surface area contributed by atoms with Gasteiger partial charge >= 0.3 is 5.97 Å². The van der Waals surface area contributed by atoms with Crippen LogP contribution in [0.1, 0.15) is 39.6 Å². The first-order chi connectivity index (χ1) is 14.6. The Labute approximate surface area is 187 Å². The van der Waals surface area contributed by atoms with Crippen LogP contribution in [-0.2, 0) is 4.74 Å². The topological polar surface area (TPSA) is 77.0 Å². The number of fused-ring (bicyclic) bond motifs is 2. The number of hydrogen-bond acceptors (Lipinski definition) is 9. The summed E-state index contributed by atoms with van der Waals surface area (Å²) >= 11 is 4.86. The van der Waals surface area contributed by atoms with Crippen molar-refractivity contribution in [2.75, 3.05) is 23.9 Å². The van der Waals surface area contributed by atoms with Crippen molar-refractivity contribution in [3.63, 3.8) is 0 Å². The van der Waals surface area contributed by atoms with E-state index in [1.165, 1.54) is 16.0 Å². The van der Waals surface area contributed by atoms with Crippen molar-refractivity contribution < 1.29 is 9.53 Å². The number of thiophene rings is 1. The minimum Gasteiger partial charge on any atom is -0.462 e. The van der Waals surface area contributed by atoms with Gasteiger partial charge in [0.2, 0.25) is 0 Å². The molecule has 0 amide bonds. The molecular formula is C21H22N4O2S3. The maximum atomic E-state index is 12.3. The van der Waals surface area contributed by atoms with E-state index in [2.05, 4.69) is 27.6 Å². The first-order valence-corrected chi connectivity index (χ1v) is 12.7. The van der Waals surface area contributed by atoms with Crippen LogP contribution in [0.25, 0.3) is 20.4 Å². The molecule has 6 nitrogen and oxygen atoms in total. The Hall–Kier alpha value is -2.23. The average Bonchev–Trinajstić information content (AvgIpc) is 3.33. The van der Waals surface area contributed by atoms with E-state index in [0.717, 1.165) is 44.3 Å². The number of rotatable bonds is 8. The van der Waals surface area contributed by atoms with E-state index in [-0.39, 0.29) is 12.0 Å². The van der Waals surface area contributed by atoms with Crippen molar-refractivity contribution in [1.29, 1.82) is 0 Å². The maximum absolute atomic E-state index is 12.3. The third kappa shape index (κ3) is 4.14. The number of ether oxygens (including phenoxy) is 1. The fraction of sp³-hybridized carbons (Fsp3) is 0.333. The van der Waals surface area contributed by atoms with E-state index in [1.54, 1.807) is 17.7 Å². The van der Waals surface area contributed by atoms with Gasteiger partial charge in [0, 0.05) is 0 Å². The Bertz CT molecular complexity index is 1150. The zero-order valence-corrected chi connectivity index (χ0v) is 19.4. The highest BCUT2D eigenvalue weighted by molar-refractivity contribution is 7.98. The molecule has 0 saturated carbocycles. The number of thiazole rings is 1. The third-order valence-corrected chi connectivity index (χ3v) is 7.69. The quantitative estimate of drug-likeness (QED) is 0.340. The second kappa shape index (κ2) is 9.28. The molecule has 0 spiro atoms. The number of nitrogens with one attached hydrogen (secondary N) is 1. The normalized spacial score (nSPS) is 12.4. The molecule has 0 aliphatic heterocycles. The van der Waals surface area contributed by atoms with Gasteiger partial charge in [0.15, 0.2) is 0 Å². The Kier molecular flexibility index (Phi) is 6.50. The first kappa shape index (κ1) is 21.0. The molecule has 0 unspecified atom stereocenters. The van der Waals surface area contributed by atoms with Crippen LogP contribution in [0.4, 0.5) is 5.82 Å². The van der Waals surface area contributed by atoms with Crippen molar-refractivity contribution >= 4 is 66.7 Å². The maximum Gasteiger partial charge on any atom is 0.348 e. The average molecular weight is 459 g/mol. The molecule has 0 aliphatic carbocycles. The predicted molar refractivity (Wildman–Crippen MR) is 127 cm³/mol. The molecule has 3 aromatic heterocycles. The number of carbonyl (C=O) groups excluding carboxylic acids is 1. The van der Waals surface area contributed by atoms with Crippen LogP contribution in [0.2, 0.25) is 0 Å². The lowest BCUT2D eigenvalue weighted by atomic mass is 10.1. The van der Waals surface area contributed by atoms with Gasteiger partial charge in [0.1, 0.15) is 26.9 Å². The van der Waals surface area contributed by atoms with Gasteiger partial charge in [-0.2, -0.15) is 11.8 Å². The highest BCUT2D eigenvalue weighted by Gasteiger charge is 2.23. The summed E-state index contributed by atoms with van der Waals surface area (Å²) < 4.78 is 6.38. The van der Waals surface area contributed by atoms with E-state index in [9.17, 15) is 4.79 Å². The smallest absolute Gasteiger partial charge is 0.348 e. The Morgan fingerprint density at radius 3 is 2.87 bits per heavy atom. The van der Waals surface area contributed by atoms with Gasteiger partial charge < -0.3 is 10.1 Å². The van der Waals surface area contributed by atoms with Gasteiger partial charge in [0.05, 0.1) is 28.3 Å². The largest absolute Gasteiger partial charge is 0.462 e. The zero-order valence-electron chi connectivity index (χ0n) is 17.0. The van der Waals surface area contributed by atoms with Crippen LogP contribution in [-0.4, -0.2) is 39.5 Å². The number of hydrogen-bond donors (Lipinski definition) is 1. The van der Waals surface area contributed by atoms with E-state index in [4.69, 9.17) is 9.72 Å². The number of carbonyl (C=O) groups is 1. The molecule has 4 rings (SSSR count). The molecule has 9 heteroatoms. The minimum atomic E-state index is -0.311. The summed E-state index contributed by atoms with van der Waals surface area (Å²) in [7, 11) is 0. The summed E-state index contributed by atoms with van der Waals surface area (Å²) in [4.78, 5) is 27.5. The van der Waals surface area contributed by atoms with Crippen LogP contribution >= 0.6 is 34.4 Å². The lowest BCUT2D eigenvalue weighted by Crippen LogP contribution is -2.13. The zero-order chi connectivity index (χ0) is 21.1. The van der Waals surface area contributed by atoms with Gasteiger partial charge in [-0.25, -0.2) is 19.7 Å². The summed E-state index contributed by atoms with van der Waals surface area (Å²) in [6.45, 7) is 4.08. The number of aryl methyl sites for hydroxylation is 1. The van der Waals surface area contributed by atoms with E-state index in [1.807, 2.05) is 43.8 Å². The van der Waals surface area contributed by atoms with Crippen molar-refractivity contribution in [2.24, 2.45) is 0 Å². The lowest BCUT2D eigenvalue weighted by molar-refractivity contribution is 0.0531. The van der Waals surface area contributed by atoms with Crippen LogP contribution in [0.15, 0.2) is 30.6 Å². The SMILES string of the molecule is CCOC(=O)c1sc2ncnc(N[C@@H](CCSC)c3nc4ccccc4s3)c2c1C. The Balaban J connectivity index is 1.73. The molecule has 0 saturated heterocycles. The number of esters is 1. The van der Waals surface area contributed by atoms with Crippen LogP contribution in [0, 0.1) is 6.92 Å². The van der Waals surface area contributed by atoms with Crippen molar-refractivity contribution in [3.05, 3.63) is 46.0 Å². The third-order valence-electron chi connectivity index (χ3n) is 4.72. The van der Waals surface area contributed by atoms with Crippen molar-refractivity contribution in [2.45, 2.75) is 26.3 Å². The predicted octanol–water partition coefficient (Wildman–Crippen LogP) is 5.69. The van der Waals surface area contributed by atoms with E-state index in [0.29, 0.717) is 11.5 Å². The summed E-state index contributed by atoms with van der Waals surface area (Å²) in [5.41, 5.74) is 1.86. The molecule has 1 N–H and O–H groups in total. The minimum absolute atomic E-state index is 0.0262. The fourth-order valence-electron chi connectivity index (χ4n) is 3.27. The second-order valence-electron chi connectivity index (χ2n) is 6.68. The highest BCUT2D eigenvalue weighted by atomic mass is 32.2. The van der Waals surface area contributed by atoms with E-state index >= 15 is 0 Å². The number of para-hydroxylation sites is 1. The second-order valence-corrected chi connectivity index (χ2v) is 9.72. The Morgan fingerprint density at radius 2 is 2.10 bits per heavy atom. The van der Waals surface area contributed by atoms with Gasteiger partial charge in [-0.3, -0.25) is 0 Å². The molecule has 3 heterocycles. The lowest BCUT2D eigenvalue weighted by Gasteiger charge is -2.17. The van der Waals surface area contributed by atoms with Gasteiger partial charge in [0.25, 0.3) is 0 Å². The molecule has 1 aromatic carbocycles. The molecule has 0 fully saturated rings. The van der Waals surface area contributed by atoms with Crippen LogP contribution in [0.5, 0.6) is 0 Å².